The van der Waals surface area contributed by atoms with E-state index in [4.69, 9.17) is 5.73 Å². The number of carbonyl (C=O) groups excluding carboxylic acids is 3. The second kappa shape index (κ2) is 5.04. The second-order valence-corrected chi connectivity index (χ2v) is 6.01. The van der Waals surface area contributed by atoms with Gasteiger partial charge in [-0.25, -0.2) is 0 Å². The number of fused-ring (bicyclic) bond motifs is 2. The molecule has 3 amide bonds. The Morgan fingerprint density at radius 3 is 2.64 bits per heavy atom. The van der Waals surface area contributed by atoms with E-state index in [0.29, 0.717) is 12.2 Å². The summed E-state index contributed by atoms with van der Waals surface area (Å²) in [7, 11) is 0. The minimum absolute atomic E-state index is 0.00600. The van der Waals surface area contributed by atoms with Crippen LogP contribution in [-0.2, 0) is 11.2 Å². The SMILES string of the molecule is CC(=O)N1CCc2ccc(-n3c(N)c4c(cc3=O)C(=O)NC4=O)cc21. The van der Waals surface area contributed by atoms with Crippen LogP contribution in [0.15, 0.2) is 29.1 Å². The van der Waals surface area contributed by atoms with Gasteiger partial charge in [-0.2, -0.15) is 0 Å². The van der Waals surface area contributed by atoms with Crippen molar-refractivity contribution in [2.45, 2.75) is 13.3 Å². The number of rotatable bonds is 1. The summed E-state index contributed by atoms with van der Waals surface area (Å²) in [5.74, 6) is -1.45. The van der Waals surface area contributed by atoms with Crippen LogP contribution in [-0.4, -0.2) is 28.8 Å². The van der Waals surface area contributed by atoms with Crippen LogP contribution in [0.25, 0.3) is 5.69 Å². The number of amides is 3. The van der Waals surface area contributed by atoms with Gasteiger partial charge in [0.05, 0.1) is 16.8 Å². The van der Waals surface area contributed by atoms with Gasteiger partial charge in [0, 0.05) is 25.2 Å². The highest BCUT2D eigenvalue weighted by molar-refractivity contribution is 6.23. The maximum atomic E-state index is 12.5. The highest BCUT2D eigenvalue weighted by Crippen LogP contribution is 2.31. The van der Waals surface area contributed by atoms with E-state index in [9.17, 15) is 19.2 Å². The van der Waals surface area contributed by atoms with Crippen LogP contribution in [0.3, 0.4) is 0 Å². The fourth-order valence-electron chi connectivity index (χ4n) is 3.38. The summed E-state index contributed by atoms with van der Waals surface area (Å²) in [6, 6.07) is 6.34. The molecule has 0 fully saturated rings. The van der Waals surface area contributed by atoms with E-state index in [1.807, 2.05) is 6.07 Å². The minimum atomic E-state index is -0.632. The topological polar surface area (TPSA) is 114 Å². The minimum Gasteiger partial charge on any atom is -0.384 e. The Morgan fingerprint density at radius 2 is 1.92 bits per heavy atom. The van der Waals surface area contributed by atoms with E-state index in [1.54, 1.807) is 17.0 Å². The molecule has 0 unspecified atom stereocenters. The van der Waals surface area contributed by atoms with Crippen molar-refractivity contribution >= 4 is 29.2 Å². The first kappa shape index (κ1) is 15.1. The summed E-state index contributed by atoms with van der Waals surface area (Å²) in [5, 5.41) is 2.13. The van der Waals surface area contributed by atoms with Crippen molar-refractivity contribution < 1.29 is 14.4 Å². The molecule has 8 nitrogen and oxygen atoms in total. The lowest BCUT2D eigenvalue weighted by atomic mass is 10.1. The van der Waals surface area contributed by atoms with E-state index in [1.165, 1.54) is 11.5 Å². The van der Waals surface area contributed by atoms with Crippen LogP contribution >= 0.6 is 0 Å². The molecule has 0 aliphatic carbocycles. The molecule has 126 valence electrons. The number of hydrogen-bond acceptors (Lipinski definition) is 5. The molecule has 8 heteroatoms. The largest absolute Gasteiger partial charge is 0.384 e. The normalized spacial score (nSPS) is 15.2. The molecule has 0 saturated heterocycles. The van der Waals surface area contributed by atoms with Gasteiger partial charge >= 0.3 is 0 Å². The number of carbonyl (C=O) groups is 3. The zero-order valence-corrected chi connectivity index (χ0v) is 13.3. The van der Waals surface area contributed by atoms with Crippen LogP contribution in [0, 0.1) is 0 Å². The predicted molar refractivity (Wildman–Crippen MR) is 90.0 cm³/mol. The lowest BCUT2D eigenvalue weighted by Crippen LogP contribution is -2.26. The number of aromatic nitrogens is 1. The third-order valence-corrected chi connectivity index (χ3v) is 4.56. The van der Waals surface area contributed by atoms with Crippen molar-refractivity contribution in [1.82, 2.24) is 9.88 Å². The van der Waals surface area contributed by atoms with Gasteiger partial charge in [-0.1, -0.05) is 6.07 Å². The summed E-state index contributed by atoms with van der Waals surface area (Å²) in [4.78, 5) is 49.5. The molecular weight excluding hydrogens is 324 g/mol. The number of benzene rings is 1. The van der Waals surface area contributed by atoms with Crippen LogP contribution in [0.1, 0.15) is 33.2 Å². The monoisotopic (exact) mass is 338 g/mol. The Morgan fingerprint density at radius 1 is 1.16 bits per heavy atom. The van der Waals surface area contributed by atoms with E-state index >= 15 is 0 Å². The lowest BCUT2D eigenvalue weighted by molar-refractivity contribution is -0.116. The lowest BCUT2D eigenvalue weighted by Gasteiger charge is -2.17. The molecule has 2 aliphatic rings. The smallest absolute Gasteiger partial charge is 0.262 e. The Hall–Kier alpha value is -3.42. The molecule has 0 spiro atoms. The van der Waals surface area contributed by atoms with E-state index < -0.39 is 17.4 Å². The fourth-order valence-corrected chi connectivity index (χ4v) is 3.38. The first-order chi connectivity index (χ1) is 11.9. The number of pyridine rings is 1. The van der Waals surface area contributed by atoms with E-state index in [2.05, 4.69) is 5.32 Å². The van der Waals surface area contributed by atoms with Gasteiger partial charge in [0.25, 0.3) is 17.4 Å². The number of hydrogen-bond donors (Lipinski definition) is 2. The van der Waals surface area contributed by atoms with Gasteiger partial charge in [0.15, 0.2) is 0 Å². The Bertz CT molecular complexity index is 1040. The quantitative estimate of drug-likeness (QED) is 0.722. The zero-order chi connectivity index (χ0) is 17.9. The predicted octanol–water partition coefficient (Wildman–Crippen LogP) is 0.212. The van der Waals surface area contributed by atoms with Crippen LogP contribution < -0.4 is 21.5 Å². The Balaban J connectivity index is 1.93. The molecule has 1 aromatic heterocycles. The molecule has 0 atom stereocenters. The number of imide groups is 1. The van der Waals surface area contributed by atoms with Crippen molar-refractivity contribution in [1.29, 1.82) is 0 Å². The average molecular weight is 338 g/mol. The average Bonchev–Trinajstić information content (AvgIpc) is 3.08. The number of nitrogens with two attached hydrogens (primary N) is 1. The van der Waals surface area contributed by atoms with Crippen molar-refractivity contribution in [3.05, 3.63) is 51.3 Å². The summed E-state index contributed by atoms with van der Waals surface area (Å²) < 4.78 is 1.17. The number of nitrogens with zero attached hydrogens (tertiary/aromatic N) is 2. The first-order valence-corrected chi connectivity index (χ1v) is 7.71. The van der Waals surface area contributed by atoms with Crippen LogP contribution in [0.5, 0.6) is 0 Å². The number of anilines is 2. The third-order valence-electron chi connectivity index (χ3n) is 4.56. The molecule has 3 heterocycles. The molecule has 2 aromatic rings. The number of nitrogen functional groups attached to an aromatic ring is 1. The number of nitrogens with one attached hydrogen (secondary N) is 1. The molecule has 25 heavy (non-hydrogen) atoms. The van der Waals surface area contributed by atoms with Crippen molar-refractivity contribution in [2.75, 3.05) is 17.2 Å². The standard InChI is InChI=1S/C17H14N4O4/c1-8(22)20-5-4-9-2-3-10(6-12(9)20)21-13(23)7-11-14(15(21)18)17(25)19-16(11)24/h2-3,6-7H,4-5,18H2,1H3,(H,19,24,25). The molecule has 3 N–H and O–H groups in total. The van der Waals surface area contributed by atoms with Crippen molar-refractivity contribution in [3.8, 4) is 5.69 Å². The second-order valence-electron chi connectivity index (χ2n) is 6.01. The van der Waals surface area contributed by atoms with E-state index in [-0.39, 0.29) is 22.9 Å². The fraction of sp³-hybridized carbons (Fsp3) is 0.176. The molecule has 2 aliphatic heterocycles. The zero-order valence-electron chi connectivity index (χ0n) is 13.3. The first-order valence-electron chi connectivity index (χ1n) is 7.71. The van der Waals surface area contributed by atoms with Gasteiger partial charge in [-0.15, -0.1) is 0 Å². The molecule has 0 saturated carbocycles. The van der Waals surface area contributed by atoms with Crippen LogP contribution in [0.4, 0.5) is 11.5 Å². The van der Waals surface area contributed by atoms with E-state index in [0.717, 1.165) is 23.7 Å². The molecule has 0 bridgehead atoms. The molecule has 0 radical (unpaired) electrons. The summed E-state index contributed by atoms with van der Waals surface area (Å²) in [6.45, 7) is 2.06. The molecule has 1 aromatic carbocycles. The van der Waals surface area contributed by atoms with Crippen molar-refractivity contribution in [2.24, 2.45) is 0 Å². The maximum Gasteiger partial charge on any atom is 0.262 e. The van der Waals surface area contributed by atoms with Gasteiger partial charge in [-0.05, 0) is 24.1 Å². The summed E-state index contributed by atoms with van der Waals surface area (Å²) in [5.41, 5.74) is 7.64. The summed E-state index contributed by atoms with van der Waals surface area (Å²) >= 11 is 0. The highest BCUT2D eigenvalue weighted by atomic mass is 16.2. The van der Waals surface area contributed by atoms with Crippen LogP contribution in [0.2, 0.25) is 0 Å². The van der Waals surface area contributed by atoms with Gasteiger partial charge in [0.2, 0.25) is 5.91 Å². The Kier molecular flexibility index (Phi) is 3.05. The third kappa shape index (κ3) is 2.07. The maximum absolute atomic E-state index is 12.5. The van der Waals surface area contributed by atoms with Gasteiger partial charge in [-0.3, -0.25) is 29.1 Å². The summed E-state index contributed by atoms with van der Waals surface area (Å²) in [6.07, 6.45) is 0.737. The highest BCUT2D eigenvalue weighted by Gasteiger charge is 2.32. The van der Waals surface area contributed by atoms with Crippen molar-refractivity contribution in [3.63, 3.8) is 0 Å². The van der Waals surface area contributed by atoms with Gasteiger partial charge < -0.3 is 10.6 Å². The molecule has 4 rings (SSSR count). The Labute approximate surface area is 141 Å². The van der Waals surface area contributed by atoms with Gasteiger partial charge in [0.1, 0.15) is 5.82 Å². The molecular formula is C17H14N4O4.